The van der Waals surface area contributed by atoms with Crippen LogP contribution >= 0.6 is 0 Å². The van der Waals surface area contributed by atoms with Gasteiger partial charge in [0.25, 0.3) is 0 Å². The lowest BCUT2D eigenvalue weighted by Crippen LogP contribution is -1.98. The zero-order valence-corrected chi connectivity index (χ0v) is 14.8. The number of ether oxygens (including phenoxy) is 1. The van der Waals surface area contributed by atoms with Gasteiger partial charge in [-0.1, -0.05) is 31.6 Å². The van der Waals surface area contributed by atoms with E-state index in [-0.39, 0.29) is 11.6 Å². The fraction of sp³-hybridized carbons (Fsp3) is 0.200. The summed E-state index contributed by atoms with van der Waals surface area (Å²) in [6, 6.07) is 10.6. The molecular weight excluding hydrogens is 330 g/mol. The Morgan fingerprint density at radius 3 is 2.69 bits per heavy atom. The first-order valence-corrected chi connectivity index (χ1v) is 8.41. The molecule has 0 radical (unpaired) electrons. The first-order chi connectivity index (χ1) is 12.6. The molecule has 26 heavy (non-hydrogen) atoms. The molecule has 0 atom stereocenters. The van der Waals surface area contributed by atoms with Crippen LogP contribution in [0.2, 0.25) is 0 Å². The highest BCUT2D eigenvalue weighted by atomic mass is 16.5. The number of pyridine rings is 1. The molecule has 0 bridgehead atoms. The Morgan fingerprint density at radius 2 is 2.00 bits per heavy atom. The zero-order valence-electron chi connectivity index (χ0n) is 14.8. The molecule has 6 nitrogen and oxygen atoms in total. The molecule has 2 aromatic heterocycles. The molecule has 0 fully saturated rings. The highest BCUT2D eigenvalue weighted by Gasteiger charge is 2.16. The van der Waals surface area contributed by atoms with Gasteiger partial charge >= 0.3 is 0 Å². The van der Waals surface area contributed by atoms with Crippen LogP contribution in [0.4, 0.5) is 0 Å². The zero-order chi connectivity index (χ0) is 18.5. The molecule has 0 aliphatic carbocycles. The number of nitrogens with zero attached hydrogens (tertiary/aromatic N) is 3. The highest BCUT2D eigenvalue weighted by Crippen LogP contribution is 2.29. The van der Waals surface area contributed by atoms with Crippen LogP contribution in [0, 0.1) is 0 Å². The average Bonchev–Trinajstić information content (AvgIpc) is 2.98. The molecule has 0 unspecified atom stereocenters. The Bertz CT molecular complexity index is 918. The summed E-state index contributed by atoms with van der Waals surface area (Å²) in [4.78, 5) is 4.25. The van der Waals surface area contributed by atoms with Crippen LogP contribution < -0.4 is 4.74 Å². The Morgan fingerprint density at radius 1 is 1.15 bits per heavy atom. The van der Waals surface area contributed by atoms with E-state index in [9.17, 15) is 10.2 Å². The minimum absolute atomic E-state index is 0.0911. The molecule has 3 aromatic rings. The number of phenols is 1. The molecule has 1 aromatic carbocycles. The van der Waals surface area contributed by atoms with Crippen LogP contribution in [0.25, 0.3) is 18.0 Å². The van der Waals surface area contributed by atoms with Crippen molar-refractivity contribution in [1.82, 2.24) is 14.8 Å². The second-order valence-corrected chi connectivity index (χ2v) is 5.80. The number of rotatable bonds is 6. The van der Waals surface area contributed by atoms with Crippen LogP contribution in [0.5, 0.6) is 17.4 Å². The van der Waals surface area contributed by atoms with Crippen LogP contribution in [0.15, 0.2) is 42.6 Å². The molecule has 2 N–H and O–H groups in total. The van der Waals surface area contributed by atoms with Crippen molar-refractivity contribution in [3.63, 3.8) is 0 Å². The van der Waals surface area contributed by atoms with E-state index in [1.165, 1.54) is 11.8 Å². The molecule has 6 heteroatoms. The molecule has 0 aliphatic heterocycles. The number of hydrogen-bond donors (Lipinski definition) is 2. The normalized spacial score (nSPS) is 11.2. The Kier molecular flexibility index (Phi) is 5.22. The third-order valence-electron chi connectivity index (χ3n) is 3.99. The topological polar surface area (TPSA) is 80.4 Å². The highest BCUT2D eigenvalue weighted by molar-refractivity contribution is 5.71. The molecule has 0 saturated carbocycles. The molecule has 3 rings (SSSR count). The summed E-state index contributed by atoms with van der Waals surface area (Å²) in [6.45, 7) is 2.05. The van der Waals surface area contributed by atoms with Crippen LogP contribution in [0.3, 0.4) is 0 Å². The van der Waals surface area contributed by atoms with Gasteiger partial charge in [0.05, 0.1) is 12.8 Å². The predicted molar refractivity (Wildman–Crippen MR) is 101 cm³/mol. The van der Waals surface area contributed by atoms with Gasteiger partial charge in [-0.15, -0.1) is 0 Å². The van der Waals surface area contributed by atoms with Crippen molar-refractivity contribution in [3.8, 4) is 23.2 Å². The monoisotopic (exact) mass is 351 g/mol. The van der Waals surface area contributed by atoms with E-state index >= 15 is 0 Å². The molecular formula is C20H21N3O3. The summed E-state index contributed by atoms with van der Waals surface area (Å²) in [7, 11) is 1.51. The van der Waals surface area contributed by atoms with Crippen molar-refractivity contribution in [2.45, 2.75) is 19.8 Å². The summed E-state index contributed by atoms with van der Waals surface area (Å²) in [5.41, 5.74) is 2.32. The number of aromatic hydroxyl groups is 2. The maximum absolute atomic E-state index is 10.6. The number of hydrogen-bond acceptors (Lipinski definition) is 5. The summed E-state index contributed by atoms with van der Waals surface area (Å²) < 4.78 is 6.58. The van der Waals surface area contributed by atoms with E-state index in [4.69, 9.17) is 4.74 Å². The lowest BCUT2D eigenvalue weighted by molar-refractivity contribution is 0.373. The van der Waals surface area contributed by atoms with Gasteiger partial charge in [0.15, 0.2) is 17.3 Å². The van der Waals surface area contributed by atoms with E-state index in [0.29, 0.717) is 23.7 Å². The van der Waals surface area contributed by atoms with Crippen molar-refractivity contribution in [2.24, 2.45) is 0 Å². The van der Waals surface area contributed by atoms with E-state index in [0.717, 1.165) is 17.5 Å². The summed E-state index contributed by atoms with van der Waals surface area (Å²) in [5.74, 6) is 1.16. The van der Waals surface area contributed by atoms with Crippen molar-refractivity contribution in [2.75, 3.05) is 7.11 Å². The standard InChI is InChI=1S/C20H21N3O3/c1-3-6-15-16(10-8-14-9-11-17(24)18(13-14)26-2)22-23(20(15)25)19-7-4-5-12-21-19/h4-5,7-13,24-25H,3,6H2,1-2H3/b10-8+. The lowest BCUT2D eigenvalue weighted by Gasteiger charge is -2.03. The number of phenolic OH excluding ortho intramolecular Hbond substituents is 1. The van der Waals surface area contributed by atoms with Gasteiger partial charge in [-0.3, -0.25) is 0 Å². The predicted octanol–water partition coefficient (Wildman–Crippen LogP) is 3.81. The van der Waals surface area contributed by atoms with Crippen molar-refractivity contribution >= 4 is 12.2 Å². The van der Waals surface area contributed by atoms with Crippen molar-refractivity contribution in [1.29, 1.82) is 0 Å². The second-order valence-electron chi connectivity index (χ2n) is 5.80. The van der Waals surface area contributed by atoms with Crippen molar-refractivity contribution < 1.29 is 14.9 Å². The first-order valence-electron chi connectivity index (χ1n) is 8.41. The average molecular weight is 351 g/mol. The fourth-order valence-electron chi connectivity index (χ4n) is 2.69. The molecule has 0 aliphatic rings. The van der Waals surface area contributed by atoms with E-state index in [1.807, 2.05) is 24.3 Å². The van der Waals surface area contributed by atoms with Gasteiger partial charge in [-0.05, 0) is 42.3 Å². The van der Waals surface area contributed by atoms with E-state index in [2.05, 4.69) is 17.0 Å². The Hall–Kier alpha value is -3.28. The smallest absolute Gasteiger partial charge is 0.219 e. The quantitative estimate of drug-likeness (QED) is 0.706. The summed E-state index contributed by atoms with van der Waals surface area (Å²) in [6.07, 6.45) is 6.96. The van der Waals surface area contributed by atoms with Gasteiger partial charge in [0.1, 0.15) is 0 Å². The van der Waals surface area contributed by atoms with Crippen LogP contribution in [0.1, 0.15) is 30.2 Å². The molecule has 0 amide bonds. The summed E-state index contributed by atoms with van der Waals surface area (Å²) in [5, 5.41) is 24.8. The van der Waals surface area contributed by atoms with Gasteiger partial charge in [-0.25, -0.2) is 4.98 Å². The Labute approximate surface area is 152 Å². The third-order valence-corrected chi connectivity index (χ3v) is 3.99. The van der Waals surface area contributed by atoms with Gasteiger partial charge in [0.2, 0.25) is 5.88 Å². The van der Waals surface area contributed by atoms with Crippen molar-refractivity contribution in [3.05, 3.63) is 59.4 Å². The molecule has 0 saturated heterocycles. The number of aromatic nitrogens is 3. The minimum atomic E-state index is 0.0911. The van der Waals surface area contributed by atoms with E-state index < -0.39 is 0 Å². The molecule has 134 valence electrons. The Balaban J connectivity index is 1.99. The van der Waals surface area contributed by atoms with Gasteiger partial charge in [0, 0.05) is 11.8 Å². The fourth-order valence-corrected chi connectivity index (χ4v) is 2.69. The number of benzene rings is 1. The van der Waals surface area contributed by atoms with Crippen LogP contribution in [-0.2, 0) is 6.42 Å². The lowest BCUT2D eigenvalue weighted by atomic mass is 10.1. The van der Waals surface area contributed by atoms with Gasteiger partial charge < -0.3 is 14.9 Å². The van der Waals surface area contributed by atoms with E-state index in [1.54, 1.807) is 30.5 Å². The summed E-state index contributed by atoms with van der Waals surface area (Å²) >= 11 is 0. The molecule has 0 spiro atoms. The maximum Gasteiger partial charge on any atom is 0.219 e. The second kappa shape index (κ2) is 7.74. The largest absolute Gasteiger partial charge is 0.504 e. The minimum Gasteiger partial charge on any atom is -0.504 e. The first kappa shape index (κ1) is 17.5. The van der Waals surface area contributed by atoms with Crippen LogP contribution in [-0.4, -0.2) is 32.1 Å². The van der Waals surface area contributed by atoms with Gasteiger partial charge in [-0.2, -0.15) is 9.78 Å². The maximum atomic E-state index is 10.6. The third kappa shape index (κ3) is 3.54. The number of methoxy groups -OCH3 is 1. The molecule has 2 heterocycles. The SMILES string of the molecule is CCCc1c(/C=C/c2ccc(O)c(OC)c2)nn(-c2ccccn2)c1O.